The quantitative estimate of drug-likeness (QED) is 0.278. The van der Waals surface area contributed by atoms with Crippen LogP contribution >= 0.6 is 11.6 Å². The summed E-state index contributed by atoms with van der Waals surface area (Å²) in [6.45, 7) is 6.35. The Labute approximate surface area is 215 Å². The van der Waals surface area contributed by atoms with Crippen LogP contribution in [-0.2, 0) is 13.2 Å². The van der Waals surface area contributed by atoms with Gasteiger partial charge in [0.1, 0.15) is 0 Å². The van der Waals surface area contributed by atoms with Crippen molar-refractivity contribution in [3.05, 3.63) is 70.5 Å². The van der Waals surface area contributed by atoms with Crippen molar-refractivity contribution in [1.29, 1.82) is 0 Å². The molecule has 7 nitrogen and oxygen atoms in total. The van der Waals surface area contributed by atoms with Crippen molar-refractivity contribution in [1.82, 2.24) is 25.2 Å². The number of aliphatic hydroxyl groups is 1. The molecule has 3 heterocycles. The predicted molar refractivity (Wildman–Crippen MR) is 145 cm³/mol. The van der Waals surface area contributed by atoms with E-state index in [0.29, 0.717) is 28.6 Å². The van der Waals surface area contributed by atoms with Gasteiger partial charge in [0.25, 0.3) is 0 Å². The van der Waals surface area contributed by atoms with E-state index in [9.17, 15) is 5.11 Å². The number of piperazine rings is 1. The largest absolute Gasteiger partial charge is 0.392 e. The lowest BCUT2D eigenvalue weighted by Crippen LogP contribution is -2.48. The van der Waals surface area contributed by atoms with E-state index in [0.717, 1.165) is 53.9 Å². The summed E-state index contributed by atoms with van der Waals surface area (Å²) in [5.74, 6) is 1.18. The molecule has 1 saturated carbocycles. The molecular weight excluding hydrogens is 472 g/mol. The Hall–Kier alpha value is -2.97. The number of aromatic nitrogens is 3. The van der Waals surface area contributed by atoms with Crippen molar-refractivity contribution in [3.8, 4) is 11.3 Å². The number of nitrogens with zero attached hydrogens (tertiary/aromatic N) is 3. The van der Waals surface area contributed by atoms with Gasteiger partial charge < -0.3 is 20.7 Å². The van der Waals surface area contributed by atoms with Gasteiger partial charge >= 0.3 is 0 Å². The number of H-pyrrole nitrogens is 1. The van der Waals surface area contributed by atoms with Crippen LogP contribution in [0.5, 0.6) is 0 Å². The summed E-state index contributed by atoms with van der Waals surface area (Å²) < 4.78 is 0. The summed E-state index contributed by atoms with van der Waals surface area (Å²) >= 11 is 6.55. The lowest BCUT2D eigenvalue weighted by Gasteiger charge is -2.32. The van der Waals surface area contributed by atoms with Gasteiger partial charge in [-0.3, -0.25) is 4.90 Å². The van der Waals surface area contributed by atoms with Gasteiger partial charge in [-0.1, -0.05) is 29.8 Å². The first-order valence-corrected chi connectivity index (χ1v) is 13.0. The van der Waals surface area contributed by atoms with Crippen LogP contribution in [0.15, 0.2) is 48.8 Å². The minimum atomic E-state index is 0.00219. The zero-order valence-electron chi connectivity index (χ0n) is 20.4. The van der Waals surface area contributed by atoms with Crippen molar-refractivity contribution in [2.24, 2.45) is 0 Å². The van der Waals surface area contributed by atoms with Crippen LogP contribution in [0, 0.1) is 0 Å². The van der Waals surface area contributed by atoms with Crippen LogP contribution in [0.25, 0.3) is 22.2 Å². The second-order valence-electron chi connectivity index (χ2n) is 10.1. The standard InChI is InChI=1S/C28H31ClN6O/c1-17-14-35(7-6-30-17)15-19-8-21(20-3-4-20)11-22(9-19)33-28-32-13-25(29)27(34-28)24-12-31-26-10-18(16-36)2-5-23(24)26/h2,5,8-13,17,20,30-31,36H,3-4,6-7,14-16H2,1H3,(H,32,33,34)/t17-/m0/s1. The minimum Gasteiger partial charge on any atom is -0.392 e. The number of aromatic amines is 1. The maximum absolute atomic E-state index is 9.45. The van der Waals surface area contributed by atoms with E-state index >= 15 is 0 Å². The maximum atomic E-state index is 9.45. The van der Waals surface area contributed by atoms with Gasteiger partial charge in [0.15, 0.2) is 0 Å². The van der Waals surface area contributed by atoms with Crippen molar-refractivity contribution < 1.29 is 5.11 Å². The smallest absolute Gasteiger partial charge is 0.227 e. The van der Waals surface area contributed by atoms with Crippen molar-refractivity contribution >= 4 is 34.1 Å². The zero-order chi connectivity index (χ0) is 24.6. The molecule has 1 aliphatic carbocycles. The van der Waals surface area contributed by atoms with Gasteiger partial charge in [0.2, 0.25) is 5.95 Å². The van der Waals surface area contributed by atoms with Crippen LogP contribution < -0.4 is 10.6 Å². The fourth-order valence-corrected chi connectivity index (χ4v) is 5.35. The molecule has 0 radical (unpaired) electrons. The molecular formula is C28H31ClN6O. The molecule has 6 rings (SSSR count). The van der Waals surface area contributed by atoms with Crippen molar-refractivity contribution in [3.63, 3.8) is 0 Å². The number of hydrogen-bond acceptors (Lipinski definition) is 6. The van der Waals surface area contributed by atoms with Gasteiger partial charge in [0, 0.05) is 60.6 Å². The van der Waals surface area contributed by atoms with E-state index in [-0.39, 0.29) is 6.61 Å². The van der Waals surface area contributed by atoms with E-state index in [4.69, 9.17) is 16.6 Å². The molecule has 2 fully saturated rings. The average molecular weight is 503 g/mol. The summed E-state index contributed by atoms with van der Waals surface area (Å²) in [6.07, 6.45) is 6.08. The van der Waals surface area contributed by atoms with E-state index in [2.05, 4.69) is 50.6 Å². The summed E-state index contributed by atoms with van der Waals surface area (Å²) in [6, 6.07) is 13.2. The summed E-state index contributed by atoms with van der Waals surface area (Å²) in [5.41, 5.74) is 7.09. The molecule has 1 atom stereocenters. The Morgan fingerprint density at radius 3 is 2.86 bits per heavy atom. The Morgan fingerprint density at radius 2 is 2.06 bits per heavy atom. The molecule has 0 spiro atoms. The molecule has 4 N–H and O–H groups in total. The number of hydrogen-bond donors (Lipinski definition) is 4. The van der Waals surface area contributed by atoms with Crippen molar-refractivity contribution in [2.45, 2.75) is 44.9 Å². The third-order valence-electron chi connectivity index (χ3n) is 7.11. The highest BCUT2D eigenvalue weighted by molar-refractivity contribution is 6.33. The fourth-order valence-electron chi connectivity index (χ4n) is 5.16. The lowest BCUT2D eigenvalue weighted by atomic mass is 10.0. The third kappa shape index (κ3) is 4.97. The normalized spacial score (nSPS) is 18.6. The molecule has 0 unspecified atom stereocenters. The van der Waals surface area contributed by atoms with E-state index in [1.807, 2.05) is 24.4 Å². The summed E-state index contributed by atoms with van der Waals surface area (Å²) in [7, 11) is 0. The highest BCUT2D eigenvalue weighted by Gasteiger charge is 2.25. The SMILES string of the molecule is C[C@H]1CN(Cc2cc(Nc3ncc(Cl)c(-c4c[nH]c5cc(CO)ccc45)n3)cc(C3CC3)c2)CCN1. The highest BCUT2D eigenvalue weighted by Crippen LogP contribution is 2.42. The molecule has 2 aromatic carbocycles. The molecule has 1 aliphatic heterocycles. The maximum Gasteiger partial charge on any atom is 0.227 e. The Morgan fingerprint density at radius 1 is 1.17 bits per heavy atom. The second kappa shape index (κ2) is 9.82. The van der Waals surface area contributed by atoms with Gasteiger partial charge in [-0.05, 0) is 60.6 Å². The van der Waals surface area contributed by atoms with Gasteiger partial charge in [-0.25, -0.2) is 9.97 Å². The van der Waals surface area contributed by atoms with E-state index < -0.39 is 0 Å². The van der Waals surface area contributed by atoms with Crippen LogP contribution in [0.4, 0.5) is 11.6 Å². The molecule has 0 bridgehead atoms. The fraction of sp³-hybridized carbons (Fsp3) is 0.357. The zero-order valence-corrected chi connectivity index (χ0v) is 21.1. The second-order valence-corrected chi connectivity index (χ2v) is 10.5. The number of rotatable bonds is 7. The van der Waals surface area contributed by atoms with Crippen LogP contribution in [0.2, 0.25) is 5.02 Å². The highest BCUT2D eigenvalue weighted by atomic mass is 35.5. The lowest BCUT2D eigenvalue weighted by molar-refractivity contribution is 0.199. The molecule has 2 aromatic heterocycles. The van der Waals surface area contributed by atoms with Crippen LogP contribution in [0.1, 0.15) is 42.4 Å². The number of fused-ring (bicyclic) bond motifs is 1. The number of aliphatic hydroxyl groups excluding tert-OH is 1. The molecule has 8 heteroatoms. The van der Waals surface area contributed by atoms with E-state index in [1.54, 1.807) is 6.20 Å². The first kappa shape index (κ1) is 23.4. The number of halogens is 1. The van der Waals surface area contributed by atoms with E-state index in [1.165, 1.54) is 24.0 Å². The number of anilines is 2. The predicted octanol–water partition coefficient (Wildman–Crippen LogP) is 5.19. The number of benzene rings is 2. The molecule has 186 valence electrons. The Balaban J connectivity index is 1.29. The Kier molecular flexibility index (Phi) is 6.39. The van der Waals surface area contributed by atoms with Gasteiger partial charge in [0.05, 0.1) is 23.5 Å². The summed E-state index contributed by atoms with van der Waals surface area (Å²) in [4.78, 5) is 15.1. The molecule has 1 saturated heterocycles. The minimum absolute atomic E-state index is 0.00219. The molecule has 36 heavy (non-hydrogen) atoms. The third-order valence-corrected chi connectivity index (χ3v) is 7.38. The molecule has 4 aromatic rings. The summed E-state index contributed by atoms with van der Waals surface area (Å²) in [5, 5.41) is 17.9. The van der Waals surface area contributed by atoms with Gasteiger partial charge in [-0.15, -0.1) is 0 Å². The Bertz CT molecular complexity index is 1400. The van der Waals surface area contributed by atoms with Crippen LogP contribution in [0.3, 0.4) is 0 Å². The van der Waals surface area contributed by atoms with Crippen molar-refractivity contribution in [2.75, 3.05) is 25.0 Å². The molecule has 0 amide bonds. The number of nitrogens with one attached hydrogen (secondary N) is 3. The van der Waals surface area contributed by atoms with Crippen LogP contribution in [-0.4, -0.2) is 50.6 Å². The monoisotopic (exact) mass is 502 g/mol. The topological polar surface area (TPSA) is 89.1 Å². The van der Waals surface area contributed by atoms with Gasteiger partial charge in [-0.2, -0.15) is 0 Å². The molecule has 2 aliphatic rings. The average Bonchev–Trinajstić information content (AvgIpc) is 3.65. The first-order chi connectivity index (χ1) is 17.6. The first-order valence-electron chi connectivity index (χ1n) is 12.7.